The van der Waals surface area contributed by atoms with E-state index in [1.54, 1.807) is 12.2 Å². The van der Waals surface area contributed by atoms with E-state index >= 15 is 0 Å². The lowest BCUT2D eigenvalue weighted by atomic mass is 10.3. The largest absolute Gasteiger partial charge is 0.395 e. The summed E-state index contributed by atoms with van der Waals surface area (Å²) < 4.78 is 0. The fraction of sp³-hybridized carbons (Fsp3) is 0.727. The predicted octanol–water partition coefficient (Wildman–Crippen LogP) is 0.0891. The van der Waals surface area contributed by atoms with Gasteiger partial charge in [0.1, 0.15) is 0 Å². The molecule has 1 N–H and O–H groups in total. The lowest BCUT2D eigenvalue weighted by molar-refractivity contribution is -0.125. The van der Waals surface area contributed by atoms with Gasteiger partial charge in [-0.3, -0.25) is 9.69 Å². The first kappa shape index (κ1) is 12.2. The van der Waals surface area contributed by atoms with Gasteiger partial charge in [0.15, 0.2) is 0 Å². The van der Waals surface area contributed by atoms with Crippen LogP contribution in [-0.2, 0) is 4.79 Å². The van der Waals surface area contributed by atoms with Gasteiger partial charge in [-0.25, -0.2) is 0 Å². The first-order valence-corrected chi connectivity index (χ1v) is 5.52. The van der Waals surface area contributed by atoms with Crippen molar-refractivity contribution in [3.63, 3.8) is 0 Å². The van der Waals surface area contributed by atoms with Crippen LogP contribution in [0.25, 0.3) is 0 Å². The van der Waals surface area contributed by atoms with Crippen LogP contribution >= 0.6 is 0 Å². The Kier molecular flexibility index (Phi) is 5.36. The number of allylic oxidation sites excluding steroid dienone is 1. The lowest BCUT2D eigenvalue weighted by Gasteiger charge is -2.20. The zero-order chi connectivity index (χ0) is 11.1. The van der Waals surface area contributed by atoms with E-state index in [9.17, 15) is 4.79 Å². The van der Waals surface area contributed by atoms with Gasteiger partial charge in [-0.15, -0.1) is 0 Å². The third kappa shape index (κ3) is 4.01. The molecule has 1 heterocycles. The molecule has 0 radical (unpaired) electrons. The maximum atomic E-state index is 11.6. The van der Waals surface area contributed by atoms with Gasteiger partial charge in [0.25, 0.3) is 0 Å². The van der Waals surface area contributed by atoms with Crippen LogP contribution in [-0.4, -0.2) is 60.1 Å². The maximum Gasteiger partial charge on any atom is 0.246 e. The van der Waals surface area contributed by atoms with Crippen LogP contribution < -0.4 is 0 Å². The van der Waals surface area contributed by atoms with Crippen LogP contribution in [0.4, 0.5) is 0 Å². The summed E-state index contributed by atoms with van der Waals surface area (Å²) >= 11 is 0. The molecule has 4 nitrogen and oxygen atoms in total. The average molecular weight is 212 g/mol. The summed E-state index contributed by atoms with van der Waals surface area (Å²) in [4.78, 5) is 15.7. The molecule has 0 spiro atoms. The van der Waals surface area contributed by atoms with E-state index < -0.39 is 0 Å². The second-order valence-corrected chi connectivity index (χ2v) is 3.74. The summed E-state index contributed by atoms with van der Waals surface area (Å²) in [6.07, 6.45) is 4.38. The second kappa shape index (κ2) is 6.58. The molecule has 0 bridgehead atoms. The first-order valence-electron chi connectivity index (χ1n) is 5.52. The first-order chi connectivity index (χ1) is 7.27. The van der Waals surface area contributed by atoms with E-state index in [4.69, 9.17) is 5.11 Å². The topological polar surface area (TPSA) is 43.8 Å². The van der Waals surface area contributed by atoms with E-state index in [2.05, 4.69) is 4.90 Å². The standard InChI is InChI=1S/C11H20N2O2/c1-2-4-11(15)13-6-3-5-12(7-8-13)9-10-14/h2,4,14H,3,5-10H2,1H3/b4-2+. The highest BCUT2D eigenvalue weighted by Gasteiger charge is 2.16. The Bertz CT molecular complexity index is 229. The maximum absolute atomic E-state index is 11.6. The summed E-state index contributed by atoms with van der Waals surface area (Å²) in [5.41, 5.74) is 0. The van der Waals surface area contributed by atoms with Crippen molar-refractivity contribution in [2.45, 2.75) is 13.3 Å². The van der Waals surface area contributed by atoms with E-state index in [1.165, 1.54) is 0 Å². The zero-order valence-electron chi connectivity index (χ0n) is 9.35. The Labute approximate surface area is 91.2 Å². The summed E-state index contributed by atoms with van der Waals surface area (Å²) in [6, 6.07) is 0. The summed E-state index contributed by atoms with van der Waals surface area (Å²) in [7, 11) is 0. The molecule has 1 saturated heterocycles. The Balaban J connectivity index is 2.41. The van der Waals surface area contributed by atoms with Crippen molar-refractivity contribution in [1.29, 1.82) is 0 Å². The number of rotatable bonds is 3. The second-order valence-electron chi connectivity index (χ2n) is 3.74. The molecule has 86 valence electrons. The molecule has 1 fully saturated rings. The van der Waals surface area contributed by atoms with Crippen molar-refractivity contribution in [3.8, 4) is 0 Å². The van der Waals surface area contributed by atoms with Crippen molar-refractivity contribution in [1.82, 2.24) is 9.80 Å². The van der Waals surface area contributed by atoms with E-state index in [0.29, 0.717) is 6.54 Å². The average Bonchev–Trinajstić information content (AvgIpc) is 2.44. The molecule has 1 rings (SSSR count). The van der Waals surface area contributed by atoms with Gasteiger partial charge in [0.2, 0.25) is 5.91 Å². The monoisotopic (exact) mass is 212 g/mol. The number of aliphatic hydroxyl groups excluding tert-OH is 1. The molecule has 0 aromatic heterocycles. The third-order valence-corrected chi connectivity index (χ3v) is 2.63. The number of nitrogens with zero attached hydrogens (tertiary/aromatic N) is 2. The van der Waals surface area contributed by atoms with Crippen LogP contribution in [0.15, 0.2) is 12.2 Å². The normalized spacial score (nSPS) is 19.5. The van der Waals surface area contributed by atoms with Crippen molar-refractivity contribution in [2.24, 2.45) is 0 Å². The minimum absolute atomic E-state index is 0.100. The van der Waals surface area contributed by atoms with E-state index in [1.807, 2.05) is 11.8 Å². The Morgan fingerprint density at radius 1 is 1.33 bits per heavy atom. The Hall–Kier alpha value is -0.870. The van der Waals surface area contributed by atoms with Gasteiger partial charge in [0.05, 0.1) is 6.61 Å². The molecule has 1 aliphatic heterocycles. The summed E-state index contributed by atoms with van der Waals surface area (Å²) in [5, 5.41) is 8.84. The number of carbonyl (C=O) groups excluding carboxylic acids is 1. The van der Waals surface area contributed by atoms with E-state index in [0.717, 1.165) is 32.6 Å². The van der Waals surface area contributed by atoms with Crippen LogP contribution in [0.5, 0.6) is 0 Å². The van der Waals surface area contributed by atoms with Gasteiger partial charge in [-0.05, 0) is 26.0 Å². The van der Waals surface area contributed by atoms with Crippen molar-refractivity contribution in [2.75, 3.05) is 39.3 Å². The highest BCUT2D eigenvalue weighted by molar-refractivity contribution is 5.87. The quantitative estimate of drug-likeness (QED) is 0.674. The van der Waals surface area contributed by atoms with Gasteiger partial charge >= 0.3 is 0 Å². The smallest absolute Gasteiger partial charge is 0.246 e. The fourth-order valence-electron chi connectivity index (χ4n) is 1.80. The number of hydrogen-bond donors (Lipinski definition) is 1. The molecule has 1 amide bonds. The van der Waals surface area contributed by atoms with E-state index in [-0.39, 0.29) is 12.5 Å². The molecule has 0 saturated carbocycles. The minimum Gasteiger partial charge on any atom is -0.395 e. The molecule has 0 unspecified atom stereocenters. The Morgan fingerprint density at radius 2 is 2.13 bits per heavy atom. The van der Waals surface area contributed by atoms with Crippen LogP contribution in [0, 0.1) is 0 Å². The number of amides is 1. The molecule has 0 aliphatic carbocycles. The van der Waals surface area contributed by atoms with Crippen LogP contribution in [0.2, 0.25) is 0 Å². The summed E-state index contributed by atoms with van der Waals surface area (Å²) in [6.45, 7) is 6.19. The van der Waals surface area contributed by atoms with Gasteiger partial charge in [-0.1, -0.05) is 6.08 Å². The van der Waals surface area contributed by atoms with Gasteiger partial charge in [0, 0.05) is 26.2 Å². The zero-order valence-corrected chi connectivity index (χ0v) is 9.35. The van der Waals surface area contributed by atoms with Crippen LogP contribution in [0.3, 0.4) is 0 Å². The molecule has 1 aliphatic rings. The fourth-order valence-corrected chi connectivity index (χ4v) is 1.80. The summed E-state index contributed by atoms with van der Waals surface area (Å²) in [5.74, 6) is 0.100. The molecular weight excluding hydrogens is 192 g/mol. The minimum atomic E-state index is 0.100. The molecule has 15 heavy (non-hydrogen) atoms. The highest BCUT2D eigenvalue weighted by atomic mass is 16.3. The van der Waals surface area contributed by atoms with Crippen molar-refractivity contribution < 1.29 is 9.90 Å². The Morgan fingerprint density at radius 3 is 2.80 bits per heavy atom. The molecule has 0 aromatic carbocycles. The predicted molar refractivity (Wildman–Crippen MR) is 59.5 cm³/mol. The number of aliphatic hydroxyl groups is 1. The van der Waals surface area contributed by atoms with Crippen LogP contribution in [0.1, 0.15) is 13.3 Å². The van der Waals surface area contributed by atoms with Gasteiger partial charge < -0.3 is 10.0 Å². The number of β-amino-alcohol motifs (C(OH)–C–C–N with tert-alkyl or cyclic N) is 1. The lowest BCUT2D eigenvalue weighted by Crippen LogP contribution is -2.35. The molecule has 4 heteroatoms. The molecule has 0 aromatic rings. The van der Waals surface area contributed by atoms with Crippen molar-refractivity contribution >= 4 is 5.91 Å². The van der Waals surface area contributed by atoms with Gasteiger partial charge in [-0.2, -0.15) is 0 Å². The highest BCUT2D eigenvalue weighted by Crippen LogP contribution is 2.03. The van der Waals surface area contributed by atoms with Crippen molar-refractivity contribution in [3.05, 3.63) is 12.2 Å². The molecular formula is C11H20N2O2. The number of carbonyl (C=O) groups is 1. The number of hydrogen-bond acceptors (Lipinski definition) is 3. The molecule has 0 atom stereocenters. The SMILES string of the molecule is C/C=C/C(=O)N1CCCN(CCO)CC1. The third-order valence-electron chi connectivity index (χ3n) is 2.63.